The fourth-order valence-electron chi connectivity index (χ4n) is 0.792. The highest BCUT2D eigenvalue weighted by atomic mass is 14.6. The predicted octanol–water partition coefficient (Wildman–Crippen LogP) is 4.22. The molecule has 0 rings (SSSR count). The summed E-state index contributed by atoms with van der Waals surface area (Å²) in [5, 5.41) is 0. The van der Waals surface area contributed by atoms with Gasteiger partial charge in [0.25, 0.3) is 0 Å². The first kappa shape index (κ1) is 14.7. The van der Waals surface area contributed by atoms with Crippen molar-refractivity contribution in [1.82, 2.24) is 0 Å². The molecule has 0 saturated carbocycles. The summed E-state index contributed by atoms with van der Waals surface area (Å²) in [5.74, 6) is 0.739. The van der Waals surface area contributed by atoms with E-state index < -0.39 is 0 Å². The highest BCUT2D eigenvalue weighted by Gasteiger charge is 1.95. The van der Waals surface area contributed by atoms with Crippen molar-refractivity contribution in [2.75, 3.05) is 0 Å². The van der Waals surface area contributed by atoms with Gasteiger partial charge in [0.1, 0.15) is 0 Å². The molecule has 1 nitrogen and oxygen atoms in total. The normalized spacial score (nSPS) is 10.4. The van der Waals surface area contributed by atoms with Gasteiger partial charge in [-0.05, 0) is 31.1 Å². The smallest absolute Gasteiger partial charge is 0.0292 e. The Morgan fingerprint density at radius 3 is 2.23 bits per heavy atom. The lowest BCUT2D eigenvalue weighted by Crippen LogP contribution is -1.87. The second-order valence-corrected chi connectivity index (χ2v) is 3.02. The van der Waals surface area contributed by atoms with Crippen LogP contribution < -0.4 is 0 Å². The van der Waals surface area contributed by atoms with E-state index in [1.807, 2.05) is 19.9 Å². The lowest BCUT2D eigenvalue weighted by Gasteiger charge is -2.03. The Morgan fingerprint density at radius 2 is 1.92 bits per heavy atom. The molecule has 0 heterocycles. The molecular formula is C12H23N. The fourth-order valence-corrected chi connectivity index (χ4v) is 0.792. The maximum atomic E-state index is 3.70. The zero-order chi connectivity index (χ0) is 10.7. The third kappa shape index (κ3) is 11.1. The number of allylic oxidation sites excluding steroid dienone is 2. The molecule has 0 aromatic heterocycles. The van der Waals surface area contributed by atoms with Gasteiger partial charge in [0, 0.05) is 6.20 Å². The second kappa shape index (κ2) is 11.2. The number of hydrogen-bond acceptors (Lipinski definition) is 1. The summed E-state index contributed by atoms with van der Waals surface area (Å²) < 4.78 is 0. The molecule has 13 heavy (non-hydrogen) atoms. The first-order chi connectivity index (χ1) is 6.20. The average Bonchev–Trinajstić information content (AvgIpc) is 2.15. The zero-order valence-electron chi connectivity index (χ0n) is 9.51. The maximum Gasteiger partial charge on any atom is 0.0292 e. The predicted molar refractivity (Wildman–Crippen MR) is 63.2 cm³/mol. The first-order valence-corrected chi connectivity index (χ1v) is 4.98. The molecular weight excluding hydrogens is 158 g/mol. The van der Waals surface area contributed by atoms with Crippen molar-refractivity contribution in [3.05, 3.63) is 24.4 Å². The summed E-state index contributed by atoms with van der Waals surface area (Å²) >= 11 is 0. The number of nitrogens with zero attached hydrogens (tertiary/aromatic N) is 1. The molecule has 0 radical (unpaired) electrons. The van der Waals surface area contributed by atoms with E-state index in [-0.39, 0.29) is 0 Å². The van der Waals surface area contributed by atoms with Gasteiger partial charge in [0.15, 0.2) is 0 Å². The molecule has 0 amide bonds. The molecule has 0 N–H and O–H groups in total. The third-order valence-electron chi connectivity index (χ3n) is 1.53. The lowest BCUT2D eigenvalue weighted by molar-refractivity contribution is 0.588. The summed E-state index contributed by atoms with van der Waals surface area (Å²) in [6, 6.07) is 0. The highest BCUT2D eigenvalue weighted by molar-refractivity contribution is 5.28. The van der Waals surface area contributed by atoms with Gasteiger partial charge in [-0.2, -0.15) is 0 Å². The van der Waals surface area contributed by atoms with Crippen molar-refractivity contribution < 1.29 is 0 Å². The molecule has 0 unspecified atom stereocenters. The average molecular weight is 181 g/mol. The Bertz CT molecular complexity index is 155. The molecule has 0 aliphatic rings. The highest BCUT2D eigenvalue weighted by Crippen LogP contribution is 2.11. The van der Waals surface area contributed by atoms with Crippen LogP contribution in [0.5, 0.6) is 0 Å². The second-order valence-electron chi connectivity index (χ2n) is 3.02. The lowest BCUT2D eigenvalue weighted by atomic mass is 10.0. The molecule has 0 aromatic carbocycles. The Labute approximate surface area is 83.3 Å². The van der Waals surface area contributed by atoms with Crippen molar-refractivity contribution in [3.63, 3.8) is 0 Å². The van der Waals surface area contributed by atoms with Crippen LogP contribution >= 0.6 is 0 Å². The largest absolute Gasteiger partial charge is 0.272 e. The van der Waals surface area contributed by atoms with E-state index in [4.69, 9.17) is 0 Å². The van der Waals surface area contributed by atoms with Gasteiger partial charge in [-0.15, -0.1) is 0 Å². The summed E-state index contributed by atoms with van der Waals surface area (Å²) in [6.45, 7) is 15.5. The van der Waals surface area contributed by atoms with E-state index in [2.05, 4.69) is 32.1 Å². The van der Waals surface area contributed by atoms with Crippen molar-refractivity contribution in [1.29, 1.82) is 0 Å². The monoisotopic (exact) mass is 181 g/mol. The summed E-state index contributed by atoms with van der Waals surface area (Å²) in [5.41, 5.74) is 1.17. The number of hydrogen-bond donors (Lipinski definition) is 0. The Balaban J connectivity index is 0. The molecule has 0 aliphatic carbocycles. The number of rotatable bonds is 5. The van der Waals surface area contributed by atoms with Crippen LogP contribution in [-0.4, -0.2) is 6.72 Å². The van der Waals surface area contributed by atoms with Gasteiger partial charge in [0.05, 0.1) is 0 Å². The van der Waals surface area contributed by atoms with Gasteiger partial charge < -0.3 is 0 Å². The Hall–Kier alpha value is -0.850. The molecule has 0 bridgehead atoms. The quantitative estimate of drug-likeness (QED) is 0.445. The molecule has 0 saturated heterocycles. The van der Waals surface area contributed by atoms with E-state index >= 15 is 0 Å². The van der Waals surface area contributed by atoms with Crippen LogP contribution in [0.2, 0.25) is 0 Å². The third-order valence-corrected chi connectivity index (χ3v) is 1.53. The van der Waals surface area contributed by atoms with Crippen LogP contribution in [0, 0.1) is 5.92 Å². The number of aliphatic imine (C=N–C) groups is 1. The van der Waals surface area contributed by atoms with E-state index in [1.165, 1.54) is 12.0 Å². The van der Waals surface area contributed by atoms with Crippen molar-refractivity contribution in [2.45, 2.75) is 40.5 Å². The molecule has 0 aromatic rings. The van der Waals surface area contributed by atoms with Crippen molar-refractivity contribution >= 4 is 6.72 Å². The minimum Gasteiger partial charge on any atom is -0.272 e. The molecule has 76 valence electrons. The summed E-state index contributed by atoms with van der Waals surface area (Å²) in [6.07, 6.45) is 5.86. The van der Waals surface area contributed by atoms with Crippen LogP contribution in [0.25, 0.3) is 0 Å². The summed E-state index contributed by atoms with van der Waals surface area (Å²) in [4.78, 5) is 3.70. The fraction of sp³-hybridized carbons (Fsp3) is 0.583. The maximum absolute atomic E-state index is 3.70. The topological polar surface area (TPSA) is 12.4 Å². The van der Waals surface area contributed by atoms with Crippen LogP contribution in [-0.2, 0) is 0 Å². The van der Waals surface area contributed by atoms with E-state index in [1.54, 1.807) is 6.20 Å². The zero-order valence-corrected chi connectivity index (χ0v) is 9.51. The molecule has 0 fully saturated rings. The van der Waals surface area contributed by atoms with Crippen molar-refractivity contribution in [3.8, 4) is 0 Å². The minimum atomic E-state index is 0.739. The molecule has 0 spiro atoms. The van der Waals surface area contributed by atoms with Gasteiger partial charge >= 0.3 is 0 Å². The molecule has 1 heteroatoms. The summed E-state index contributed by atoms with van der Waals surface area (Å²) in [7, 11) is 0. The Kier molecular flexibility index (Phi) is 12.6. The van der Waals surface area contributed by atoms with Gasteiger partial charge in [-0.3, -0.25) is 4.99 Å². The van der Waals surface area contributed by atoms with E-state index in [9.17, 15) is 0 Å². The van der Waals surface area contributed by atoms with Gasteiger partial charge in [-0.1, -0.05) is 40.3 Å². The van der Waals surface area contributed by atoms with E-state index in [0.717, 1.165) is 12.3 Å². The standard InChI is InChI=1S/C10H17N.C2H6/c1-5-10(8-11-4)7-6-9(2)3;1-2/h5,8-9H,1,4,6-7H2,2-3H3;1-2H3/b10-8+;. The SMILES string of the molecule is C=C/C(=C\N=C)CCC(C)C.CC. The molecule has 0 atom stereocenters. The van der Waals surface area contributed by atoms with Crippen LogP contribution in [0.1, 0.15) is 40.5 Å². The Morgan fingerprint density at radius 1 is 1.38 bits per heavy atom. The minimum absolute atomic E-state index is 0.739. The van der Waals surface area contributed by atoms with Crippen LogP contribution in [0.15, 0.2) is 29.4 Å². The first-order valence-electron chi connectivity index (χ1n) is 4.98. The van der Waals surface area contributed by atoms with Crippen LogP contribution in [0.3, 0.4) is 0 Å². The van der Waals surface area contributed by atoms with E-state index in [0.29, 0.717) is 0 Å². The molecule has 0 aliphatic heterocycles. The van der Waals surface area contributed by atoms with Gasteiger partial charge in [0.2, 0.25) is 0 Å². The van der Waals surface area contributed by atoms with Crippen molar-refractivity contribution in [2.24, 2.45) is 10.9 Å². The van der Waals surface area contributed by atoms with Crippen LogP contribution in [0.4, 0.5) is 0 Å². The van der Waals surface area contributed by atoms with Gasteiger partial charge in [-0.25, -0.2) is 0 Å².